The molecule has 0 amide bonds. The summed E-state index contributed by atoms with van der Waals surface area (Å²) in [5.74, 6) is 0.795. The van der Waals surface area contributed by atoms with Crippen LogP contribution in [0.5, 0.6) is 5.75 Å². The minimum Gasteiger partial charge on any atom is -0.490 e. The molecule has 1 rings (SSSR count). The maximum Gasteiger partial charge on any atom is 0.157 e. The van der Waals surface area contributed by atoms with Gasteiger partial charge >= 0.3 is 0 Å². The van der Waals surface area contributed by atoms with Gasteiger partial charge < -0.3 is 10.5 Å². The largest absolute Gasteiger partial charge is 0.490 e. The quantitative estimate of drug-likeness (QED) is 0.750. The lowest BCUT2D eigenvalue weighted by Gasteiger charge is -2.21. The van der Waals surface area contributed by atoms with E-state index in [2.05, 4.69) is 18.9 Å². The van der Waals surface area contributed by atoms with E-state index in [4.69, 9.17) is 10.5 Å². The first-order valence-corrected chi connectivity index (χ1v) is 4.35. The number of ether oxygens (including phenoxy) is 1. The first-order valence-electron chi connectivity index (χ1n) is 4.35. The Morgan fingerprint density at radius 3 is 2.77 bits per heavy atom. The highest BCUT2D eigenvalue weighted by atomic mass is 16.5. The summed E-state index contributed by atoms with van der Waals surface area (Å²) in [4.78, 5) is 0. The van der Waals surface area contributed by atoms with Crippen LogP contribution in [-0.2, 0) is 7.05 Å². The number of hydrogen-bond acceptors (Lipinski definition) is 3. The van der Waals surface area contributed by atoms with Crippen molar-refractivity contribution in [3.05, 3.63) is 12.4 Å². The summed E-state index contributed by atoms with van der Waals surface area (Å²) in [6.07, 6.45) is 3.54. The van der Waals surface area contributed by atoms with Crippen LogP contribution >= 0.6 is 0 Å². The lowest BCUT2D eigenvalue weighted by molar-refractivity contribution is 0.187. The predicted molar refractivity (Wildman–Crippen MR) is 51.5 cm³/mol. The van der Waals surface area contributed by atoms with Gasteiger partial charge in [-0.15, -0.1) is 0 Å². The molecule has 74 valence electrons. The molecule has 2 N–H and O–H groups in total. The summed E-state index contributed by atoms with van der Waals surface area (Å²) >= 11 is 0. The lowest BCUT2D eigenvalue weighted by atomic mass is 9.95. The van der Waals surface area contributed by atoms with Crippen LogP contribution in [0, 0.1) is 5.41 Å². The Balaban J connectivity index is 2.43. The molecule has 1 heterocycles. The van der Waals surface area contributed by atoms with Crippen LogP contribution in [0.15, 0.2) is 12.4 Å². The molecule has 0 radical (unpaired) electrons. The number of aromatic nitrogens is 2. The molecular weight excluding hydrogens is 166 g/mol. The van der Waals surface area contributed by atoms with E-state index in [1.54, 1.807) is 10.9 Å². The van der Waals surface area contributed by atoms with Crippen molar-refractivity contribution < 1.29 is 4.74 Å². The summed E-state index contributed by atoms with van der Waals surface area (Å²) in [5.41, 5.74) is 5.60. The fourth-order valence-electron chi connectivity index (χ4n) is 0.811. The van der Waals surface area contributed by atoms with Crippen molar-refractivity contribution in [1.82, 2.24) is 9.78 Å². The number of aryl methyl sites for hydroxylation is 1. The topological polar surface area (TPSA) is 53.1 Å². The lowest BCUT2D eigenvalue weighted by Crippen LogP contribution is -2.30. The van der Waals surface area contributed by atoms with Crippen molar-refractivity contribution in [2.75, 3.05) is 13.2 Å². The summed E-state index contributed by atoms with van der Waals surface area (Å²) in [6.45, 7) is 5.38. The van der Waals surface area contributed by atoms with Crippen LogP contribution in [0.1, 0.15) is 13.8 Å². The highest BCUT2D eigenvalue weighted by Crippen LogP contribution is 2.16. The molecule has 1 aromatic rings. The van der Waals surface area contributed by atoms with Gasteiger partial charge in [-0.1, -0.05) is 13.8 Å². The van der Waals surface area contributed by atoms with Gasteiger partial charge in [-0.2, -0.15) is 5.10 Å². The number of rotatable bonds is 4. The van der Waals surface area contributed by atoms with Crippen LogP contribution in [-0.4, -0.2) is 22.9 Å². The third-order valence-electron chi connectivity index (χ3n) is 1.86. The van der Waals surface area contributed by atoms with Crippen LogP contribution in [0.3, 0.4) is 0 Å². The zero-order valence-corrected chi connectivity index (χ0v) is 8.45. The van der Waals surface area contributed by atoms with Crippen molar-refractivity contribution in [3.8, 4) is 5.75 Å². The molecule has 0 aromatic carbocycles. The second-order valence-electron chi connectivity index (χ2n) is 4.01. The second-order valence-corrected chi connectivity index (χ2v) is 4.01. The number of nitrogens with two attached hydrogens (primary N) is 1. The standard InChI is InChI=1S/C9H17N3O/c1-9(2,6-10)7-13-8-4-11-12(3)5-8/h4-5H,6-7,10H2,1-3H3. The van der Waals surface area contributed by atoms with E-state index in [-0.39, 0.29) is 5.41 Å². The van der Waals surface area contributed by atoms with Gasteiger partial charge in [0.15, 0.2) is 5.75 Å². The molecule has 0 saturated carbocycles. The smallest absolute Gasteiger partial charge is 0.157 e. The van der Waals surface area contributed by atoms with E-state index in [1.165, 1.54) is 0 Å². The van der Waals surface area contributed by atoms with Gasteiger partial charge in [0.2, 0.25) is 0 Å². The summed E-state index contributed by atoms with van der Waals surface area (Å²) in [6, 6.07) is 0. The summed E-state index contributed by atoms with van der Waals surface area (Å²) < 4.78 is 7.23. The molecule has 4 heteroatoms. The molecule has 0 saturated heterocycles. The zero-order chi connectivity index (χ0) is 9.90. The molecule has 0 spiro atoms. The molecule has 0 aliphatic rings. The normalized spacial score (nSPS) is 11.7. The highest BCUT2D eigenvalue weighted by Gasteiger charge is 2.16. The molecule has 4 nitrogen and oxygen atoms in total. The molecule has 1 aromatic heterocycles. The van der Waals surface area contributed by atoms with E-state index >= 15 is 0 Å². The van der Waals surface area contributed by atoms with Gasteiger partial charge in [-0.3, -0.25) is 4.68 Å². The minimum atomic E-state index is 0.0237. The Bertz CT molecular complexity index is 268. The maximum atomic E-state index is 5.57. The van der Waals surface area contributed by atoms with Gasteiger partial charge in [-0.25, -0.2) is 0 Å². The zero-order valence-electron chi connectivity index (χ0n) is 8.45. The van der Waals surface area contributed by atoms with Crippen molar-refractivity contribution in [2.24, 2.45) is 18.2 Å². The molecule has 0 fully saturated rings. The monoisotopic (exact) mass is 183 g/mol. The average molecular weight is 183 g/mol. The predicted octanol–water partition coefficient (Wildman–Crippen LogP) is 0.784. The fourth-order valence-corrected chi connectivity index (χ4v) is 0.811. The Morgan fingerprint density at radius 1 is 1.62 bits per heavy atom. The Kier molecular flexibility index (Phi) is 2.93. The van der Waals surface area contributed by atoms with Gasteiger partial charge in [0, 0.05) is 19.0 Å². The first-order chi connectivity index (χ1) is 6.03. The average Bonchev–Trinajstić information content (AvgIpc) is 2.48. The van der Waals surface area contributed by atoms with E-state index in [0.29, 0.717) is 13.2 Å². The molecule has 0 bridgehead atoms. The number of hydrogen-bond donors (Lipinski definition) is 1. The maximum absolute atomic E-state index is 5.57. The van der Waals surface area contributed by atoms with E-state index in [9.17, 15) is 0 Å². The van der Waals surface area contributed by atoms with E-state index in [1.807, 2.05) is 13.2 Å². The van der Waals surface area contributed by atoms with Gasteiger partial charge in [0.1, 0.15) is 0 Å². The van der Waals surface area contributed by atoms with Crippen LogP contribution in [0.25, 0.3) is 0 Å². The first kappa shape index (κ1) is 10.1. The number of nitrogens with zero attached hydrogens (tertiary/aromatic N) is 2. The minimum absolute atomic E-state index is 0.0237. The molecule has 0 aliphatic heterocycles. The molecule has 0 unspecified atom stereocenters. The highest BCUT2D eigenvalue weighted by molar-refractivity contribution is 5.11. The van der Waals surface area contributed by atoms with E-state index in [0.717, 1.165) is 5.75 Å². The van der Waals surface area contributed by atoms with Crippen LogP contribution < -0.4 is 10.5 Å². The third-order valence-corrected chi connectivity index (χ3v) is 1.86. The molecule has 0 atom stereocenters. The molecular formula is C9H17N3O. The van der Waals surface area contributed by atoms with Crippen molar-refractivity contribution in [3.63, 3.8) is 0 Å². The Morgan fingerprint density at radius 2 is 2.31 bits per heavy atom. The third kappa shape index (κ3) is 3.06. The fraction of sp³-hybridized carbons (Fsp3) is 0.667. The molecule has 13 heavy (non-hydrogen) atoms. The summed E-state index contributed by atoms with van der Waals surface area (Å²) in [5, 5.41) is 4.00. The SMILES string of the molecule is Cn1cc(OCC(C)(C)CN)cn1. The van der Waals surface area contributed by atoms with Crippen molar-refractivity contribution in [2.45, 2.75) is 13.8 Å². The Labute approximate surface area is 78.7 Å². The van der Waals surface area contributed by atoms with Crippen LogP contribution in [0.2, 0.25) is 0 Å². The second kappa shape index (κ2) is 3.79. The summed E-state index contributed by atoms with van der Waals surface area (Å²) in [7, 11) is 1.86. The van der Waals surface area contributed by atoms with E-state index < -0.39 is 0 Å². The van der Waals surface area contributed by atoms with Gasteiger partial charge in [0.25, 0.3) is 0 Å². The molecule has 0 aliphatic carbocycles. The van der Waals surface area contributed by atoms with Crippen LogP contribution in [0.4, 0.5) is 0 Å². The van der Waals surface area contributed by atoms with Gasteiger partial charge in [-0.05, 0) is 0 Å². The van der Waals surface area contributed by atoms with Crippen molar-refractivity contribution >= 4 is 0 Å². The Hall–Kier alpha value is -1.03. The van der Waals surface area contributed by atoms with Crippen molar-refractivity contribution in [1.29, 1.82) is 0 Å². The van der Waals surface area contributed by atoms with Gasteiger partial charge in [0.05, 0.1) is 19.0 Å².